The summed E-state index contributed by atoms with van der Waals surface area (Å²) in [6.07, 6.45) is -1.75. The first-order chi connectivity index (χ1) is 26.9. The van der Waals surface area contributed by atoms with E-state index in [-0.39, 0.29) is 38.7 Å². The molecule has 4 rings (SSSR count). The number of carbonyl (C=O) groups excluding carboxylic acids is 4. The fourth-order valence-corrected chi connectivity index (χ4v) is 6.83. The van der Waals surface area contributed by atoms with Crippen molar-refractivity contribution in [1.29, 1.82) is 0 Å². The predicted octanol–water partition coefficient (Wildman–Crippen LogP) is 3.63. The molecule has 0 aliphatic carbocycles. The number of ether oxygens (including phenoxy) is 2. The van der Waals surface area contributed by atoms with Gasteiger partial charge in [-0.3, -0.25) is 20.0 Å². The third kappa shape index (κ3) is 12.6. The van der Waals surface area contributed by atoms with Crippen molar-refractivity contribution in [3.63, 3.8) is 0 Å². The van der Waals surface area contributed by atoms with Crippen molar-refractivity contribution in [2.24, 2.45) is 10.8 Å². The van der Waals surface area contributed by atoms with E-state index in [1.165, 1.54) is 7.11 Å². The zero-order valence-electron chi connectivity index (χ0n) is 34.3. The molecule has 0 radical (unpaired) electrons. The van der Waals surface area contributed by atoms with Crippen molar-refractivity contribution < 1.29 is 38.9 Å². The maximum Gasteiger partial charge on any atom is 0.407 e. The number of amides is 5. The fourth-order valence-electron chi connectivity index (χ4n) is 6.83. The summed E-state index contributed by atoms with van der Waals surface area (Å²) in [4.78, 5) is 62.1. The van der Waals surface area contributed by atoms with E-state index in [0.717, 1.165) is 11.1 Å². The van der Waals surface area contributed by atoms with Gasteiger partial charge in [-0.25, -0.2) is 14.6 Å². The van der Waals surface area contributed by atoms with Gasteiger partial charge >= 0.3 is 12.1 Å². The number of urea groups is 1. The van der Waals surface area contributed by atoms with Crippen LogP contribution in [0.25, 0.3) is 0 Å². The van der Waals surface area contributed by atoms with E-state index in [2.05, 4.69) is 21.0 Å². The standard InChI is InChI=1S/C42H59N7O8/c1-41(2,3)35(45-39(54)57-8)37(52)46-48(24-29-17-19-32(56-7)20-18-29)26-34(51)33(23-28-13-10-9-11-14-28)44-38(53)36(42(4,5)6)49-22-21-47(40(49)55)25-30-15-12-16-31(27-50)43-30/h9-20,33-36,50-51H,21-27H2,1-8H3,(H,44,53)(H,45,54)(H,46,52). The number of hydrogen-bond donors (Lipinski definition) is 5. The van der Waals surface area contributed by atoms with Crippen LogP contribution in [0.2, 0.25) is 0 Å². The van der Waals surface area contributed by atoms with Crippen molar-refractivity contribution in [2.45, 2.75) is 91.9 Å². The minimum absolute atomic E-state index is 0.124. The fraction of sp³-hybridized carbons (Fsp3) is 0.500. The topological polar surface area (TPSA) is 186 Å². The summed E-state index contributed by atoms with van der Waals surface area (Å²) in [6, 6.07) is 18.9. The second-order valence-corrected chi connectivity index (χ2v) is 16.5. The van der Waals surface area contributed by atoms with Crippen LogP contribution in [0.1, 0.15) is 64.1 Å². The SMILES string of the molecule is COC(=O)NC(C(=O)NN(Cc1ccc(OC)cc1)CC(O)C(Cc1ccccc1)NC(=O)C(N1CCN(Cc2cccc(CO)n2)C1=O)C(C)(C)C)C(C)(C)C. The summed E-state index contributed by atoms with van der Waals surface area (Å²) < 4.78 is 10.1. The molecule has 1 aromatic heterocycles. The van der Waals surface area contributed by atoms with Crippen LogP contribution in [0, 0.1) is 10.8 Å². The molecule has 4 atom stereocenters. The Hall–Kier alpha value is -5.25. The Kier molecular flexibility index (Phi) is 15.4. The highest BCUT2D eigenvalue weighted by molar-refractivity contribution is 5.89. The smallest absolute Gasteiger partial charge is 0.407 e. The maximum absolute atomic E-state index is 14.5. The molecule has 1 aliphatic heterocycles. The predicted molar refractivity (Wildman–Crippen MR) is 214 cm³/mol. The van der Waals surface area contributed by atoms with Crippen molar-refractivity contribution in [3.8, 4) is 5.75 Å². The van der Waals surface area contributed by atoms with Crippen LogP contribution in [0.3, 0.4) is 0 Å². The third-order valence-corrected chi connectivity index (χ3v) is 9.76. The molecular weight excluding hydrogens is 731 g/mol. The van der Waals surface area contributed by atoms with E-state index in [1.807, 2.05) is 84.0 Å². The van der Waals surface area contributed by atoms with Gasteiger partial charge in [0.25, 0.3) is 5.91 Å². The van der Waals surface area contributed by atoms with Gasteiger partial charge in [-0.15, -0.1) is 0 Å². The lowest BCUT2D eigenvalue weighted by Gasteiger charge is -2.38. The van der Waals surface area contributed by atoms with E-state index < -0.39 is 53.0 Å². The van der Waals surface area contributed by atoms with Crippen LogP contribution in [0.5, 0.6) is 5.75 Å². The zero-order valence-corrected chi connectivity index (χ0v) is 34.3. The summed E-state index contributed by atoms with van der Waals surface area (Å²) >= 11 is 0. The number of aromatic nitrogens is 1. The summed E-state index contributed by atoms with van der Waals surface area (Å²) in [6.45, 7) is 11.8. The summed E-state index contributed by atoms with van der Waals surface area (Å²) in [5.41, 5.74) is 4.27. The first-order valence-corrected chi connectivity index (χ1v) is 19.1. The van der Waals surface area contributed by atoms with Gasteiger partial charge in [0.2, 0.25) is 5.91 Å². The Labute approximate surface area is 335 Å². The van der Waals surface area contributed by atoms with Gasteiger partial charge in [-0.2, -0.15) is 0 Å². The van der Waals surface area contributed by atoms with Crippen molar-refractivity contribution in [1.82, 2.24) is 35.9 Å². The van der Waals surface area contributed by atoms with Gasteiger partial charge in [0, 0.05) is 26.2 Å². The van der Waals surface area contributed by atoms with Gasteiger partial charge in [0.15, 0.2) is 0 Å². The molecule has 1 aliphatic rings. The molecule has 15 nitrogen and oxygen atoms in total. The number of hydrogen-bond acceptors (Lipinski definition) is 10. The third-order valence-electron chi connectivity index (χ3n) is 9.76. The van der Waals surface area contributed by atoms with Crippen LogP contribution in [0.15, 0.2) is 72.8 Å². The number of alkyl carbamates (subject to hydrolysis) is 1. The number of aliphatic hydroxyl groups excluding tert-OH is 2. The number of nitrogens with one attached hydrogen (secondary N) is 3. The zero-order chi connectivity index (χ0) is 41.9. The molecular formula is C42H59N7O8. The van der Waals surface area contributed by atoms with Crippen LogP contribution >= 0.6 is 0 Å². The van der Waals surface area contributed by atoms with Crippen LogP contribution in [-0.4, -0.2) is 112 Å². The molecule has 0 bridgehead atoms. The van der Waals surface area contributed by atoms with Gasteiger partial charge in [0.1, 0.15) is 17.8 Å². The quantitative estimate of drug-likeness (QED) is 0.127. The molecule has 57 heavy (non-hydrogen) atoms. The number of rotatable bonds is 17. The minimum Gasteiger partial charge on any atom is -0.497 e. The second kappa shape index (κ2) is 19.7. The molecule has 2 aromatic carbocycles. The lowest BCUT2D eigenvalue weighted by Crippen LogP contribution is -2.61. The van der Waals surface area contributed by atoms with Crippen LogP contribution in [-0.2, 0) is 40.4 Å². The molecule has 3 aromatic rings. The minimum atomic E-state index is -1.23. The van der Waals surface area contributed by atoms with Gasteiger partial charge in [0.05, 0.1) is 50.9 Å². The Balaban J connectivity index is 1.61. The molecule has 4 unspecified atom stereocenters. The second-order valence-electron chi connectivity index (χ2n) is 16.5. The molecule has 15 heteroatoms. The first kappa shape index (κ1) is 44.5. The highest BCUT2D eigenvalue weighted by Gasteiger charge is 2.44. The molecule has 5 amide bonds. The van der Waals surface area contributed by atoms with E-state index in [0.29, 0.717) is 30.2 Å². The first-order valence-electron chi connectivity index (χ1n) is 19.1. The van der Waals surface area contributed by atoms with Gasteiger partial charge < -0.3 is 40.1 Å². The highest BCUT2D eigenvalue weighted by atomic mass is 16.5. The molecule has 0 saturated carbocycles. The maximum atomic E-state index is 14.5. The Bertz CT molecular complexity index is 1800. The molecule has 0 spiro atoms. The molecule has 5 N–H and O–H groups in total. The molecule has 310 valence electrons. The lowest BCUT2D eigenvalue weighted by molar-refractivity contribution is -0.133. The molecule has 2 heterocycles. The number of methoxy groups -OCH3 is 2. The van der Waals surface area contributed by atoms with Crippen molar-refractivity contribution in [3.05, 3.63) is 95.3 Å². The number of pyridine rings is 1. The van der Waals surface area contributed by atoms with E-state index in [4.69, 9.17) is 9.47 Å². The number of nitrogens with zero attached hydrogens (tertiary/aromatic N) is 4. The monoisotopic (exact) mass is 789 g/mol. The normalized spacial score (nSPS) is 15.5. The van der Waals surface area contributed by atoms with E-state index in [9.17, 15) is 29.4 Å². The number of carbonyl (C=O) groups is 4. The lowest BCUT2D eigenvalue weighted by atomic mass is 9.84. The Morgan fingerprint density at radius 2 is 1.51 bits per heavy atom. The summed E-state index contributed by atoms with van der Waals surface area (Å²) in [5.74, 6) is -0.310. The average molecular weight is 790 g/mol. The Morgan fingerprint density at radius 3 is 2.11 bits per heavy atom. The summed E-state index contributed by atoms with van der Waals surface area (Å²) in [5, 5.41) is 28.9. The molecule has 1 saturated heterocycles. The Morgan fingerprint density at radius 1 is 0.842 bits per heavy atom. The van der Waals surface area contributed by atoms with E-state index in [1.54, 1.807) is 52.3 Å². The largest absolute Gasteiger partial charge is 0.497 e. The number of benzene rings is 2. The van der Waals surface area contributed by atoms with Crippen molar-refractivity contribution >= 4 is 23.9 Å². The van der Waals surface area contributed by atoms with E-state index >= 15 is 0 Å². The molecule has 1 fully saturated rings. The highest BCUT2D eigenvalue weighted by Crippen LogP contribution is 2.29. The summed E-state index contributed by atoms with van der Waals surface area (Å²) in [7, 11) is 2.78. The van der Waals surface area contributed by atoms with Crippen LogP contribution < -0.4 is 20.8 Å². The van der Waals surface area contributed by atoms with Crippen molar-refractivity contribution in [2.75, 3.05) is 33.9 Å². The van der Waals surface area contributed by atoms with Crippen LogP contribution in [0.4, 0.5) is 9.59 Å². The number of hydrazine groups is 1. The average Bonchev–Trinajstić information content (AvgIpc) is 3.50. The number of aliphatic hydroxyl groups is 2. The van der Waals surface area contributed by atoms with Gasteiger partial charge in [-0.05, 0) is 52.6 Å². The van der Waals surface area contributed by atoms with Gasteiger partial charge in [-0.1, -0.05) is 90.1 Å².